The molecule has 30 heavy (non-hydrogen) atoms. The van der Waals surface area contributed by atoms with Gasteiger partial charge in [0.25, 0.3) is 0 Å². The molecular weight excluding hydrogens is 453 g/mol. The van der Waals surface area contributed by atoms with Crippen LogP contribution in [-0.2, 0) is 19.7 Å². The van der Waals surface area contributed by atoms with Gasteiger partial charge in [0.15, 0.2) is 23.0 Å². The molecule has 0 unspecified atom stereocenters. The van der Waals surface area contributed by atoms with Gasteiger partial charge < -0.3 is 24.3 Å². The summed E-state index contributed by atoms with van der Waals surface area (Å²) >= 11 is 3.61. The molecule has 0 amide bonds. The van der Waals surface area contributed by atoms with Crippen molar-refractivity contribution >= 4 is 15.9 Å². The minimum atomic E-state index is -0.267. The molecule has 156 valence electrons. The molecule has 0 radical (unpaired) electrons. The lowest BCUT2D eigenvalue weighted by molar-refractivity contribution is 0.174. The van der Waals surface area contributed by atoms with Gasteiger partial charge in [0.2, 0.25) is 6.79 Å². The number of hydrogen-bond donors (Lipinski definition) is 1. The third kappa shape index (κ3) is 4.86. The van der Waals surface area contributed by atoms with Crippen LogP contribution in [0.3, 0.4) is 0 Å². The summed E-state index contributed by atoms with van der Waals surface area (Å²) in [6.07, 6.45) is 0. The first-order valence-corrected chi connectivity index (χ1v) is 10.2. The van der Waals surface area contributed by atoms with Crippen molar-refractivity contribution in [2.75, 3.05) is 13.9 Å². The maximum Gasteiger partial charge on any atom is 0.231 e. The number of ether oxygens (including phenoxy) is 4. The van der Waals surface area contributed by atoms with Gasteiger partial charge in [-0.25, -0.2) is 4.39 Å². The molecule has 0 saturated carbocycles. The standard InChI is InChI=1S/C23H21BrFNO4/c1-27-21-9-17(12-26-11-16-4-7-20-22(8-16)30-14-29-20)19(24)10-23(21)28-13-15-2-5-18(25)6-3-15/h2-10,26H,11-14H2,1H3. The predicted octanol–water partition coefficient (Wildman–Crippen LogP) is 5.19. The van der Waals surface area contributed by atoms with Crippen LogP contribution < -0.4 is 24.3 Å². The van der Waals surface area contributed by atoms with Crippen molar-refractivity contribution in [1.82, 2.24) is 5.32 Å². The summed E-state index contributed by atoms with van der Waals surface area (Å²) in [5.74, 6) is 2.55. The summed E-state index contributed by atoms with van der Waals surface area (Å²) in [4.78, 5) is 0. The lowest BCUT2D eigenvalue weighted by Gasteiger charge is -2.15. The third-order valence-corrected chi connectivity index (χ3v) is 5.46. The van der Waals surface area contributed by atoms with Gasteiger partial charge in [-0.05, 0) is 53.1 Å². The highest BCUT2D eigenvalue weighted by Crippen LogP contribution is 2.35. The molecule has 5 nitrogen and oxygen atoms in total. The van der Waals surface area contributed by atoms with Gasteiger partial charge in [-0.15, -0.1) is 0 Å². The summed E-state index contributed by atoms with van der Waals surface area (Å²) in [7, 11) is 1.61. The average Bonchev–Trinajstić information content (AvgIpc) is 3.22. The van der Waals surface area contributed by atoms with Gasteiger partial charge in [-0.3, -0.25) is 0 Å². The highest BCUT2D eigenvalue weighted by Gasteiger charge is 2.14. The Bertz CT molecular complexity index is 1030. The van der Waals surface area contributed by atoms with E-state index in [2.05, 4.69) is 21.2 Å². The van der Waals surface area contributed by atoms with Gasteiger partial charge in [0, 0.05) is 17.6 Å². The molecule has 0 spiro atoms. The SMILES string of the molecule is COc1cc(CNCc2ccc3c(c2)OCO3)c(Br)cc1OCc1ccc(F)cc1. The van der Waals surface area contributed by atoms with Gasteiger partial charge in [0.1, 0.15) is 12.4 Å². The van der Waals surface area contributed by atoms with Crippen LogP contribution in [0.1, 0.15) is 16.7 Å². The van der Waals surface area contributed by atoms with Crippen molar-refractivity contribution in [3.63, 3.8) is 0 Å². The van der Waals surface area contributed by atoms with Crippen LogP contribution in [0.2, 0.25) is 0 Å². The minimum Gasteiger partial charge on any atom is -0.493 e. The van der Waals surface area contributed by atoms with Crippen LogP contribution in [0.15, 0.2) is 59.1 Å². The van der Waals surface area contributed by atoms with E-state index in [1.165, 1.54) is 12.1 Å². The number of hydrogen-bond acceptors (Lipinski definition) is 5. The maximum atomic E-state index is 13.0. The van der Waals surface area contributed by atoms with Gasteiger partial charge in [0.05, 0.1) is 7.11 Å². The second kappa shape index (κ2) is 9.36. The molecule has 3 aromatic rings. The van der Waals surface area contributed by atoms with Crippen molar-refractivity contribution < 1.29 is 23.3 Å². The molecule has 0 saturated heterocycles. The lowest BCUT2D eigenvalue weighted by Crippen LogP contribution is -2.13. The van der Waals surface area contributed by atoms with Crippen LogP contribution in [-0.4, -0.2) is 13.9 Å². The number of halogens is 2. The predicted molar refractivity (Wildman–Crippen MR) is 115 cm³/mol. The van der Waals surface area contributed by atoms with E-state index in [9.17, 15) is 4.39 Å². The summed E-state index contributed by atoms with van der Waals surface area (Å²) in [6.45, 7) is 1.93. The fourth-order valence-electron chi connectivity index (χ4n) is 3.12. The minimum absolute atomic E-state index is 0.267. The zero-order valence-corrected chi connectivity index (χ0v) is 18.0. The Hall–Kier alpha value is -2.77. The highest BCUT2D eigenvalue weighted by atomic mass is 79.9. The molecule has 0 aromatic heterocycles. The van der Waals surface area contributed by atoms with Crippen LogP contribution in [0.5, 0.6) is 23.0 Å². The molecule has 1 heterocycles. The molecule has 0 atom stereocenters. The average molecular weight is 474 g/mol. The highest BCUT2D eigenvalue weighted by molar-refractivity contribution is 9.10. The van der Waals surface area contributed by atoms with Gasteiger partial charge in [-0.2, -0.15) is 0 Å². The van der Waals surface area contributed by atoms with E-state index < -0.39 is 0 Å². The largest absolute Gasteiger partial charge is 0.493 e. The summed E-state index contributed by atoms with van der Waals surface area (Å²) in [5.41, 5.74) is 3.03. The first-order valence-electron chi connectivity index (χ1n) is 9.45. The van der Waals surface area contributed by atoms with Crippen LogP contribution in [0, 0.1) is 5.82 Å². The molecule has 0 bridgehead atoms. The number of nitrogens with one attached hydrogen (secondary N) is 1. The van der Waals surface area contributed by atoms with Crippen LogP contribution in [0.4, 0.5) is 4.39 Å². The van der Waals surface area contributed by atoms with Gasteiger partial charge in [-0.1, -0.05) is 34.1 Å². The maximum absolute atomic E-state index is 13.0. The Morgan fingerprint density at radius 1 is 0.933 bits per heavy atom. The van der Waals surface area contributed by atoms with Crippen molar-refractivity contribution in [2.45, 2.75) is 19.7 Å². The van der Waals surface area contributed by atoms with Crippen LogP contribution >= 0.6 is 15.9 Å². The second-order valence-electron chi connectivity index (χ2n) is 6.80. The fourth-order valence-corrected chi connectivity index (χ4v) is 3.58. The zero-order chi connectivity index (χ0) is 20.9. The van der Waals surface area contributed by atoms with Crippen molar-refractivity contribution in [1.29, 1.82) is 0 Å². The van der Waals surface area contributed by atoms with Gasteiger partial charge >= 0.3 is 0 Å². The van der Waals surface area contributed by atoms with E-state index >= 15 is 0 Å². The second-order valence-corrected chi connectivity index (χ2v) is 7.66. The smallest absolute Gasteiger partial charge is 0.231 e. The molecule has 7 heteroatoms. The summed E-state index contributed by atoms with van der Waals surface area (Å²) in [5, 5.41) is 3.43. The number of methoxy groups -OCH3 is 1. The molecular formula is C23H21BrFNO4. The van der Waals surface area contributed by atoms with E-state index in [4.69, 9.17) is 18.9 Å². The Kier molecular flexibility index (Phi) is 6.40. The van der Waals surface area contributed by atoms with E-state index in [1.54, 1.807) is 19.2 Å². The molecule has 3 aromatic carbocycles. The molecule has 0 fully saturated rings. The fraction of sp³-hybridized carbons (Fsp3) is 0.217. The summed E-state index contributed by atoms with van der Waals surface area (Å²) < 4.78 is 36.1. The molecule has 4 rings (SSSR count). The molecule has 0 aliphatic carbocycles. The zero-order valence-electron chi connectivity index (χ0n) is 16.4. The normalized spacial score (nSPS) is 12.1. The van der Waals surface area contributed by atoms with E-state index in [0.717, 1.165) is 32.7 Å². The van der Waals surface area contributed by atoms with E-state index in [-0.39, 0.29) is 12.6 Å². The summed E-state index contributed by atoms with van der Waals surface area (Å²) in [6, 6.07) is 16.0. The first kappa shape index (κ1) is 20.5. The Balaban J connectivity index is 1.38. The van der Waals surface area contributed by atoms with Crippen LogP contribution in [0.25, 0.3) is 0 Å². The quantitative estimate of drug-likeness (QED) is 0.487. The van der Waals surface area contributed by atoms with E-state index in [1.807, 2.05) is 30.3 Å². The number of rotatable bonds is 8. The Morgan fingerprint density at radius 2 is 1.70 bits per heavy atom. The monoisotopic (exact) mass is 473 g/mol. The van der Waals surface area contributed by atoms with Crippen molar-refractivity contribution in [3.05, 3.63) is 81.6 Å². The molecule has 1 N–H and O–H groups in total. The molecule has 1 aliphatic rings. The van der Waals surface area contributed by atoms with E-state index in [0.29, 0.717) is 31.2 Å². The van der Waals surface area contributed by atoms with Crippen molar-refractivity contribution in [2.24, 2.45) is 0 Å². The topological polar surface area (TPSA) is 49.0 Å². The number of fused-ring (bicyclic) bond motifs is 1. The number of benzene rings is 3. The third-order valence-electron chi connectivity index (χ3n) is 4.72. The lowest BCUT2D eigenvalue weighted by atomic mass is 10.1. The van der Waals surface area contributed by atoms with Crippen molar-refractivity contribution in [3.8, 4) is 23.0 Å². The Labute approximate surface area is 182 Å². The molecule has 1 aliphatic heterocycles. The Morgan fingerprint density at radius 3 is 2.50 bits per heavy atom. The first-order chi connectivity index (χ1) is 14.6.